The molecule has 0 aliphatic heterocycles. The van der Waals surface area contributed by atoms with Crippen LogP contribution in [0.15, 0.2) is 5.38 Å². The molecule has 0 aromatic carbocycles. The highest BCUT2D eigenvalue weighted by atomic mass is 32.1. The van der Waals surface area contributed by atoms with Crippen LogP contribution in [-0.4, -0.2) is 23.5 Å². The van der Waals surface area contributed by atoms with Crippen LogP contribution < -0.4 is 0 Å². The lowest BCUT2D eigenvalue weighted by atomic mass is 9.80. The van der Waals surface area contributed by atoms with Crippen LogP contribution in [0.5, 0.6) is 0 Å². The van der Waals surface area contributed by atoms with Gasteiger partial charge in [0.2, 0.25) is 0 Å². The van der Waals surface area contributed by atoms with Crippen molar-refractivity contribution in [2.45, 2.75) is 51.0 Å². The third kappa shape index (κ3) is 2.75. The lowest BCUT2D eigenvalue weighted by Gasteiger charge is -2.34. The number of aromatic nitrogens is 1. The largest absolute Gasteiger partial charge is 0.370 e. The molecule has 1 heterocycles. The molecule has 94 valence electrons. The molecule has 0 amide bonds. The van der Waals surface area contributed by atoms with E-state index in [0.717, 1.165) is 36.4 Å². The van der Waals surface area contributed by atoms with Crippen molar-refractivity contribution in [3.05, 3.63) is 16.1 Å². The molecular formula is C13H19NO2S. The fourth-order valence-electron chi connectivity index (χ4n) is 2.50. The Morgan fingerprint density at radius 3 is 2.71 bits per heavy atom. The summed E-state index contributed by atoms with van der Waals surface area (Å²) in [5.41, 5.74) is 0.464. The van der Waals surface area contributed by atoms with Gasteiger partial charge in [-0.05, 0) is 19.8 Å². The monoisotopic (exact) mass is 253 g/mol. The SMILES string of the molecule is COC1(C(=O)Cc2nc(C)cs2)CCCCC1. The van der Waals surface area contributed by atoms with Crippen LogP contribution >= 0.6 is 11.3 Å². The van der Waals surface area contributed by atoms with Crippen molar-refractivity contribution in [3.63, 3.8) is 0 Å². The Labute approximate surface area is 106 Å². The van der Waals surface area contributed by atoms with E-state index in [1.54, 1.807) is 18.4 Å². The van der Waals surface area contributed by atoms with E-state index in [9.17, 15) is 4.79 Å². The quantitative estimate of drug-likeness (QED) is 0.828. The van der Waals surface area contributed by atoms with Gasteiger partial charge in [0.25, 0.3) is 0 Å². The smallest absolute Gasteiger partial charge is 0.171 e. The second-order valence-corrected chi connectivity index (χ2v) is 5.68. The predicted octanol–water partition coefficient (Wildman–Crippen LogP) is 2.91. The molecule has 17 heavy (non-hydrogen) atoms. The summed E-state index contributed by atoms with van der Waals surface area (Å²) in [4.78, 5) is 16.7. The molecule has 3 nitrogen and oxygen atoms in total. The Morgan fingerprint density at radius 1 is 1.47 bits per heavy atom. The van der Waals surface area contributed by atoms with E-state index in [1.807, 2.05) is 12.3 Å². The second kappa shape index (κ2) is 5.27. The number of hydrogen-bond donors (Lipinski definition) is 0. The average molecular weight is 253 g/mol. The van der Waals surface area contributed by atoms with E-state index in [2.05, 4.69) is 4.98 Å². The van der Waals surface area contributed by atoms with E-state index >= 15 is 0 Å². The van der Waals surface area contributed by atoms with Crippen LogP contribution in [0.4, 0.5) is 0 Å². The number of aryl methyl sites for hydroxylation is 1. The molecule has 0 atom stereocenters. The molecule has 0 radical (unpaired) electrons. The van der Waals surface area contributed by atoms with E-state index < -0.39 is 5.60 Å². The summed E-state index contributed by atoms with van der Waals surface area (Å²) in [6, 6.07) is 0. The zero-order valence-corrected chi connectivity index (χ0v) is 11.3. The number of carbonyl (C=O) groups is 1. The van der Waals surface area contributed by atoms with Gasteiger partial charge in [-0.1, -0.05) is 19.3 Å². The number of ketones is 1. The molecule has 1 fully saturated rings. The number of hydrogen-bond acceptors (Lipinski definition) is 4. The van der Waals surface area contributed by atoms with Gasteiger partial charge in [0, 0.05) is 18.2 Å². The summed E-state index contributed by atoms with van der Waals surface area (Å²) in [7, 11) is 1.66. The standard InChI is InChI=1S/C13H19NO2S/c1-10-9-17-12(14-10)8-11(15)13(16-2)6-4-3-5-7-13/h9H,3-8H2,1-2H3. The Kier molecular flexibility index (Phi) is 3.94. The third-order valence-electron chi connectivity index (χ3n) is 3.54. The first-order chi connectivity index (χ1) is 8.16. The van der Waals surface area contributed by atoms with Crippen molar-refractivity contribution in [1.82, 2.24) is 4.98 Å². The minimum atomic E-state index is -0.530. The van der Waals surface area contributed by atoms with Crippen LogP contribution in [0.1, 0.15) is 42.8 Å². The topological polar surface area (TPSA) is 39.2 Å². The van der Waals surface area contributed by atoms with Crippen LogP contribution in [0.3, 0.4) is 0 Å². The predicted molar refractivity (Wildman–Crippen MR) is 68.4 cm³/mol. The van der Waals surface area contributed by atoms with Crippen molar-refractivity contribution < 1.29 is 9.53 Å². The molecule has 1 aromatic rings. The molecular weight excluding hydrogens is 234 g/mol. The van der Waals surface area contributed by atoms with Crippen molar-refractivity contribution in [1.29, 1.82) is 0 Å². The summed E-state index contributed by atoms with van der Waals surface area (Å²) in [6.45, 7) is 1.96. The number of nitrogens with zero attached hydrogens (tertiary/aromatic N) is 1. The van der Waals surface area contributed by atoms with E-state index in [4.69, 9.17) is 4.74 Å². The number of methoxy groups -OCH3 is 1. The number of carbonyl (C=O) groups excluding carboxylic acids is 1. The minimum absolute atomic E-state index is 0.203. The van der Waals surface area contributed by atoms with Gasteiger partial charge in [-0.2, -0.15) is 0 Å². The van der Waals surface area contributed by atoms with E-state index in [0.29, 0.717) is 6.42 Å². The molecule has 0 N–H and O–H groups in total. The highest BCUT2D eigenvalue weighted by molar-refractivity contribution is 7.09. The van der Waals surface area contributed by atoms with Crippen LogP contribution in [-0.2, 0) is 16.0 Å². The number of thiazole rings is 1. The van der Waals surface area contributed by atoms with Crippen LogP contribution in [0, 0.1) is 6.92 Å². The minimum Gasteiger partial charge on any atom is -0.370 e. The normalized spacial score (nSPS) is 19.2. The van der Waals surface area contributed by atoms with E-state index in [1.165, 1.54) is 6.42 Å². The van der Waals surface area contributed by atoms with Gasteiger partial charge >= 0.3 is 0 Å². The van der Waals surface area contributed by atoms with Crippen LogP contribution in [0.2, 0.25) is 0 Å². The lowest BCUT2D eigenvalue weighted by molar-refractivity contribution is -0.144. The summed E-state index contributed by atoms with van der Waals surface area (Å²) < 4.78 is 5.55. The zero-order chi connectivity index (χ0) is 12.3. The number of rotatable bonds is 4. The summed E-state index contributed by atoms with van der Waals surface area (Å²) in [5, 5.41) is 2.90. The molecule has 1 aliphatic rings. The van der Waals surface area contributed by atoms with Gasteiger partial charge in [0.1, 0.15) is 10.6 Å². The first-order valence-corrected chi connectivity index (χ1v) is 7.04. The molecule has 2 rings (SSSR count). The van der Waals surface area contributed by atoms with Gasteiger partial charge in [-0.15, -0.1) is 11.3 Å². The van der Waals surface area contributed by atoms with Crippen LogP contribution in [0.25, 0.3) is 0 Å². The van der Waals surface area contributed by atoms with Crippen molar-refractivity contribution in [2.75, 3.05) is 7.11 Å². The fourth-order valence-corrected chi connectivity index (χ4v) is 3.27. The van der Waals surface area contributed by atoms with Gasteiger partial charge in [0.15, 0.2) is 5.78 Å². The van der Waals surface area contributed by atoms with Gasteiger partial charge in [-0.25, -0.2) is 4.98 Å². The Balaban J connectivity index is 2.07. The van der Waals surface area contributed by atoms with Crippen molar-refractivity contribution in [3.8, 4) is 0 Å². The van der Waals surface area contributed by atoms with Gasteiger partial charge in [-0.3, -0.25) is 4.79 Å². The summed E-state index contributed by atoms with van der Waals surface area (Å²) in [5.74, 6) is 0.203. The first-order valence-electron chi connectivity index (χ1n) is 6.16. The number of ether oxygens (including phenoxy) is 1. The Hall–Kier alpha value is -0.740. The van der Waals surface area contributed by atoms with Crippen molar-refractivity contribution in [2.24, 2.45) is 0 Å². The maximum atomic E-state index is 12.4. The molecule has 0 bridgehead atoms. The van der Waals surface area contributed by atoms with Crippen molar-refractivity contribution >= 4 is 17.1 Å². The van der Waals surface area contributed by atoms with E-state index in [-0.39, 0.29) is 5.78 Å². The molecule has 0 unspecified atom stereocenters. The fraction of sp³-hybridized carbons (Fsp3) is 0.692. The highest BCUT2D eigenvalue weighted by Crippen LogP contribution is 2.33. The number of Topliss-reactive ketones (excluding diaryl/α,β-unsaturated/α-hetero) is 1. The first kappa shape index (κ1) is 12.7. The molecule has 0 spiro atoms. The molecule has 1 aromatic heterocycles. The summed E-state index contributed by atoms with van der Waals surface area (Å²) >= 11 is 1.56. The Bertz CT molecular complexity index is 394. The summed E-state index contributed by atoms with van der Waals surface area (Å²) in [6.07, 6.45) is 5.56. The molecule has 4 heteroatoms. The molecule has 1 saturated carbocycles. The average Bonchev–Trinajstić information content (AvgIpc) is 2.75. The third-order valence-corrected chi connectivity index (χ3v) is 4.51. The Morgan fingerprint density at radius 2 is 2.18 bits per heavy atom. The second-order valence-electron chi connectivity index (χ2n) is 4.74. The van der Waals surface area contributed by atoms with Gasteiger partial charge in [0.05, 0.1) is 6.42 Å². The molecule has 1 aliphatic carbocycles. The highest BCUT2D eigenvalue weighted by Gasteiger charge is 2.39. The zero-order valence-electron chi connectivity index (χ0n) is 10.5. The van der Waals surface area contributed by atoms with Gasteiger partial charge < -0.3 is 4.74 Å². The lowest BCUT2D eigenvalue weighted by Crippen LogP contribution is -2.43. The maximum absolute atomic E-state index is 12.4. The molecule has 0 saturated heterocycles. The maximum Gasteiger partial charge on any atom is 0.171 e.